The molecule has 0 spiro atoms. The first-order valence-electron chi connectivity index (χ1n) is 9.07. The molecule has 1 aromatic carbocycles. The van der Waals surface area contributed by atoms with Crippen LogP contribution in [-0.4, -0.2) is 30.0 Å². The van der Waals surface area contributed by atoms with Gasteiger partial charge in [-0.15, -0.1) is 5.10 Å². The molecule has 2 heterocycles. The van der Waals surface area contributed by atoms with E-state index < -0.39 is 5.69 Å². The fourth-order valence-electron chi connectivity index (χ4n) is 3.06. The van der Waals surface area contributed by atoms with Gasteiger partial charge in [0.15, 0.2) is 5.65 Å². The summed E-state index contributed by atoms with van der Waals surface area (Å²) < 4.78 is 2.36. The van der Waals surface area contributed by atoms with Crippen LogP contribution in [0, 0.1) is 20.8 Å². The van der Waals surface area contributed by atoms with Crippen LogP contribution in [0.4, 0.5) is 5.69 Å². The van der Waals surface area contributed by atoms with Crippen LogP contribution in [0.2, 0.25) is 0 Å². The molecule has 7 nitrogen and oxygen atoms in total. The lowest BCUT2D eigenvalue weighted by Crippen LogP contribution is -2.29. The zero-order valence-electron chi connectivity index (χ0n) is 17.0. The molecule has 0 fully saturated rings. The van der Waals surface area contributed by atoms with E-state index in [0.717, 1.165) is 32.1 Å². The Balaban J connectivity index is 1.83. The highest BCUT2D eigenvalue weighted by Crippen LogP contribution is 2.29. The molecule has 0 saturated heterocycles. The molecular weight excluding hydrogens is 374 g/mol. The van der Waals surface area contributed by atoms with Crippen LogP contribution in [0.25, 0.3) is 5.65 Å². The third-order valence-corrected chi connectivity index (χ3v) is 5.10. The summed E-state index contributed by atoms with van der Waals surface area (Å²) in [4.78, 5) is 25.1. The number of aromatic nitrogens is 4. The van der Waals surface area contributed by atoms with Crippen LogP contribution >= 0.6 is 11.8 Å². The number of hydrogen-bond acceptors (Lipinski definition) is 5. The first-order chi connectivity index (χ1) is 13.0. The summed E-state index contributed by atoms with van der Waals surface area (Å²) in [5, 5.41) is 12.2. The molecule has 3 aromatic rings. The van der Waals surface area contributed by atoms with Crippen LogP contribution in [-0.2, 0) is 11.3 Å². The third kappa shape index (κ3) is 4.44. The molecule has 28 heavy (non-hydrogen) atoms. The highest BCUT2D eigenvalue weighted by molar-refractivity contribution is 8.00. The molecule has 0 atom stereocenters. The molecule has 2 aromatic heterocycles. The van der Waals surface area contributed by atoms with Crippen molar-refractivity contribution in [1.29, 1.82) is 0 Å². The molecule has 0 aliphatic heterocycles. The van der Waals surface area contributed by atoms with Crippen molar-refractivity contribution < 1.29 is 4.79 Å². The molecule has 3 rings (SSSR count). The smallest absolute Gasteiger partial charge is 0.324 e. The molecule has 0 radical (unpaired) electrons. The summed E-state index contributed by atoms with van der Waals surface area (Å²) in [6.45, 7) is 12.0. The van der Waals surface area contributed by atoms with Crippen molar-refractivity contribution in [2.75, 3.05) is 5.32 Å². The third-order valence-electron chi connectivity index (χ3n) is 4.06. The minimum atomic E-state index is -0.432. The number of thioether (sulfide) groups is 1. The Morgan fingerprint density at radius 3 is 2.36 bits per heavy atom. The normalized spacial score (nSPS) is 11.8. The van der Waals surface area contributed by atoms with Crippen LogP contribution in [0.5, 0.6) is 0 Å². The van der Waals surface area contributed by atoms with Gasteiger partial charge in [0, 0.05) is 10.4 Å². The number of aryl methyl sites for hydroxylation is 3. The van der Waals surface area contributed by atoms with E-state index in [4.69, 9.17) is 0 Å². The molecule has 8 heteroatoms. The van der Waals surface area contributed by atoms with E-state index in [-0.39, 0.29) is 17.2 Å². The summed E-state index contributed by atoms with van der Waals surface area (Å²) in [6.07, 6.45) is 0. The molecule has 0 aliphatic rings. The average Bonchev–Trinajstić information content (AvgIpc) is 2.85. The van der Waals surface area contributed by atoms with Crippen LogP contribution in [0.15, 0.2) is 34.1 Å². The number of anilines is 1. The fraction of sp³-hybridized carbons (Fsp3) is 0.400. The standard InChI is InChI=1S/C20H25N5O2S/c1-12-9-13(2)18(14(3)10-12)21-16(26)11-24-19(27)25-15(22-24)7-8-17(23-25)28-20(4,5)6/h7-10H,11H2,1-6H3,(H,21,26). The topological polar surface area (TPSA) is 81.3 Å². The van der Waals surface area contributed by atoms with Gasteiger partial charge in [-0.2, -0.15) is 9.61 Å². The number of fused-ring (bicyclic) bond motifs is 1. The van der Waals surface area contributed by atoms with Gasteiger partial charge in [-0.1, -0.05) is 50.2 Å². The molecule has 0 unspecified atom stereocenters. The number of carbonyl (C=O) groups is 1. The van der Waals surface area contributed by atoms with Crippen molar-refractivity contribution >= 4 is 29.0 Å². The van der Waals surface area contributed by atoms with Crippen molar-refractivity contribution in [2.45, 2.75) is 57.9 Å². The molecule has 0 bridgehead atoms. The minimum Gasteiger partial charge on any atom is -0.324 e. The maximum absolute atomic E-state index is 12.6. The van der Waals surface area contributed by atoms with E-state index >= 15 is 0 Å². The van der Waals surface area contributed by atoms with Gasteiger partial charge in [0.2, 0.25) is 5.91 Å². The van der Waals surface area contributed by atoms with E-state index in [0.29, 0.717) is 5.65 Å². The lowest BCUT2D eigenvalue weighted by Gasteiger charge is -2.16. The van der Waals surface area contributed by atoms with Crippen molar-refractivity contribution in [3.05, 3.63) is 51.4 Å². The SMILES string of the molecule is Cc1cc(C)c(NC(=O)Cn2nc3ccc(SC(C)(C)C)nn3c2=O)c(C)c1. The summed E-state index contributed by atoms with van der Waals surface area (Å²) in [7, 11) is 0. The Kier molecular flexibility index (Phi) is 5.34. The molecule has 1 amide bonds. The number of hydrogen-bond donors (Lipinski definition) is 1. The fourth-order valence-corrected chi connectivity index (χ4v) is 3.94. The summed E-state index contributed by atoms with van der Waals surface area (Å²) in [5.41, 5.74) is 3.86. The van der Waals surface area contributed by atoms with Gasteiger partial charge in [0.25, 0.3) is 0 Å². The maximum Gasteiger partial charge on any atom is 0.367 e. The molecular formula is C20H25N5O2S. The average molecular weight is 400 g/mol. The van der Waals surface area contributed by atoms with Crippen molar-refractivity contribution in [2.24, 2.45) is 0 Å². The molecule has 1 N–H and O–H groups in total. The van der Waals surface area contributed by atoms with E-state index in [1.807, 2.05) is 39.0 Å². The Morgan fingerprint density at radius 1 is 1.11 bits per heavy atom. The van der Waals surface area contributed by atoms with Crippen molar-refractivity contribution in [3.8, 4) is 0 Å². The summed E-state index contributed by atoms with van der Waals surface area (Å²) >= 11 is 1.57. The zero-order chi connectivity index (χ0) is 20.6. The second-order valence-electron chi connectivity index (χ2n) is 7.92. The van der Waals surface area contributed by atoms with Gasteiger partial charge in [-0.25, -0.2) is 9.48 Å². The first-order valence-corrected chi connectivity index (χ1v) is 9.89. The van der Waals surface area contributed by atoms with Gasteiger partial charge in [-0.3, -0.25) is 4.79 Å². The van der Waals surface area contributed by atoms with Gasteiger partial charge in [0.1, 0.15) is 11.6 Å². The Bertz CT molecular complexity index is 1080. The molecule has 148 valence electrons. The predicted octanol–water partition coefficient (Wildman–Crippen LogP) is 3.35. The Morgan fingerprint density at radius 2 is 1.75 bits per heavy atom. The van der Waals surface area contributed by atoms with Gasteiger partial charge in [0.05, 0.1) is 0 Å². The molecule has 0 aliphatic carbocycles. The van der Waals surface area contributed by atoms with Gasteiger partial charge in [-0.05, 0) is 44.0 Å². The van der Waals surface area contributed by atoms with Gasteiger partial charge >= 0.3 is 5.69 Å². The minimum absolute atomic E-state index is 0.0239. The van der Waals surface area contributed by atoms with Gasteiger partial charge < -0.3 is 5.32 Å². The second-order valence-corrected chi connectivity index (χ2v) is 9.77. The largest absolute Gasteiger partial charge is 0.367 e. The lowest BCUT2D eigenvalue weighted by molar-refractivity contribution is -0.117. The first kappa shape index (κ1) is 20.1. The summed E-state index contributed by atoms with van der Waals surface area (Å²) in [5.74, 6) is -0.301. The number of amides is 1. The quantitative estimate of drug-likeness (QED) is 0.681. The van der Waals surface area contributed by atoms with Crippen LogP contribution < -0.4 is 11.0 Å². The number of carbonyl (C=O) groups excluding carboxylic acids is 1. The number of rotatable bonds is 4. The Labute approximate surface area is 168 Å². The van der Waals surface area contributed by atoms with E-state index in [2.05, 4.69) is 36.3 Å². The van der Waals surface area contributed by atoms with Crippen LogP contribution in [0.3, 0.4) is 0 Å². The Hall–Kier alpha value is -2.61. The second kappa shape index (κ2) is 7.43. The van der Waals surface area contributed by atoms with E-state index in [1.165, 1.54) is 4.52 Å². The van der Waals surface area contributed by atoms with E-state index in [9.17, 15) is 9.59 Å². The van der Waals surface area contributed by atoms with Crippen molar-refractivity contribution in [1.82, 2.24) is 19.4 Å². The monoisotopic (exact) mass is 399 g/mol. The lowest BCUT2D eigenvalue weighted by atomic mass is 10.1. The summed E-state index contributed by atoms with van der Waals surface area (Å²) in [6, 6.07) is 7.60. The highest BCUT2D eigenvalue weighted by atomic mass is 32.2. The maximum atomic E-state index is 12.6. The predicted molar refractivity (Wildman–Crippen MR) is 112 cm³/mol. The highest BCUT2D eigenvalue weighted by Gasteiger charge is 2.17. The number of nitrogens with zero attached hydrogens (tertiary/aromatic N) is 4. The zero-order valence-corrected chi connectivity index (χ0v) is 17.8. The van der Waals surface area contributed by atoms with Crippen molar-refractivity contribution in [3.63, 3.8) is 0 Å². The number of benzene rings is 1. The van der Waals surface area contributed by atoms with Crippen LogP contribution in [0.1, 0.15) is 37.5 Å². The number of nitrogens with one attached hydrogen (secondary N) is 1. The van der Waals surface area contributed by atoms with E-state index in [1.54, 1.807) is 17.8 Å². The molecule has 0 saturated carbocycles.